The SMILES string of the molecule is CCS(=O)(=O)N1CCCc2ccc(NS(=O)(=O)c3ccc([N+](=O)[O-])cc3)cc21. The summed E-state index contributed by atoms with van der Waals surface area (Å²) in [6, 6.07) is 9.29. The van der Waals surface area contributed by atoms with Crippen molar-refractivity contribution >= 4 is 37.1 Å². The number of hydrogen-bond donors (Lipinski definition) is 1. The van der Waals surface area contributed by atoms with Crippen LogP contribution in [0.2, 0.25) is 0 Å². The van der Waals surface area contributed by atoms with Crippen molar-refractivity contribution in [2.75, 3.05) is 21.3 Å². The van der Waals surface area contributed by atoms with Gasteiger partial charge in [0, 0.05) is 18.7 Å². The van der Waals surface area contributed by atoms with E-state index in [1.54, 1.807) is 19.1 Å². The zero-order chi connectivity index (χ0) is 20.5. The molecule has 1 aliphatic heterocycles. The van der Waals surface area contributed by atoms with Gasteiger partial charge in [-0.2, -0.15) is 0 Å². The lowest BCUT2D eigenvalue weighted by molar-refractivity contribution is -0.384. The predicted molar refractivity (Wildman–Crippen MR) is 105 cm³/mol. The van der Waals surface area contributed by atoms with E-state index in [2.05, 4.69) is 4.72 Å². The average molecular weight is 425 g/mol. The number of aryl methyl sites for hydroxylation is 1. The first-order valence-corrected chi connectivity index (χ1v) is 11.6. The Labute approximate surface area is 163 Å². The molecule has 3 rings (SSSR count). The number of anilines is 2. The molecular weight excluding hydrogens is 406 g/mol. The minimum Gasteiger partial charge on any atom is -0.280 e. The maximum Gasteiger partial charge on any atom is 0.269 e. The van der Waals surface area contributed by atoms with Crippen molar-refractivity contribution in [1.82, 2.24) is 0 Å². The van der Waals surface area contributed by atoms with Crippen molar-refractivity contribution in [3.8, 4) is 0 Å². The number of rotatable bonds is 6. The highest BCUT2D eigenvalue weighted by atomic mass is 32.2. The fourth-order valence-electron chi connectivity index (χ4n) is 3.01. The summed E-state index contributed by atoms with van der Waals surface area (Å²) in [5.74, 6) is -0.0504. The number of non-ortho nitro benzene ring substituents is 1. The van der Waals surface area contributed by atoms with Gasteiger partial charge < -0.3 is 0 Å². The number of sulfonamides is 2. The third kappa shape index (κ3) is 3.94. The third-order valence-corrected chi connectivity index (χ3v) is 7.65. The van der Waals surface area contributed by atoms with Crippen molar-refractivity contribution in [2.45, 2.75) is 24.7 Å². The van der Waals surface area contributed by atoms with Gasteiger partial charge in [0.2, 0.25) is 10.0 Å². The van der Waals surface area contributed by atoms with E-state index in [-0.39, 0.29) is 22.0 Å². The van der Waals surface area contributed by atoms with Crippen LogP contribution in [0, 0.1) is 10.1 Å². The Balaban J connectivity index is 1.93. The molecule has 0 aromatic heterocycles. The zero-order valence-corrected chi connectivity index (χ0v) is 16.7. The second-order valence-electron chi connectivity index (χ2n) is 6.28. The normalized spacial score (nSPS) is 14.4. The Bertz CT molecular complexity index is 1110. The van der Waals surface area contributed by atoms with E-state index >= 15 is 0 Å². The molecule has 11 heteroatoms. The first-order valence-electron chi connectivity index (χ1n) is 8.54. The number of fused-ring (bicyclic) bond motifs is 1. The summed E-state index contributed by atoms with van der Waals surface area (Å²) < 4.78 is 53.6. The number of nitro benzene ring substituents is 1. The van der Waals surface area contributed by atoms with E-state index < -0.39 is 25.0 Å². The third-order valence-electron chi connectivity index (χ3n) is 4.47. The van der Waals surface area contributed by atoms with Gasteiger partial charge in [-0.3, -0.25) is 19.1 Å². The van der Waals surface area contributed by atoms with Crippen LogP contribution in [-0.2, 0) is 26.5 Å². The topological polar surface area (TPSA) is 127 Å². The van der Waals surface area contributed by atoms with E-state index in [4.69, 9.17) is 0 Å². The summed E-state index contributed by atoms with van der Waals surface area (Å²) in [5.41, 5.74) is 1.31. The lowest BCUT2D eigenvalue weighted by atomic mass is 10.0. The van der Waals surface area contributed by atoms with Gasteiger partial charge in [-0.1, -0.05) is 6.07 Å². The van der Waals surface area contributed by atoms with Crippen molar-refractivity contribution in [1.29, 1.82) is 0 Å². The summed E-state index contributed by atoms with van der Waals surface area (Å²) in [5, 5.41) is 10.7. The van der Waals surface area contributed by atoms with E-state index in [0.717, 1.165) is 29.8 Å². The number of nitro groups is 1. The van der Waals surface area contributed by atoms with Gasteiger partial charge in [0.25, 0.3) is 15.7 Å². The van der Waals surface area contributed by atoms with Crippen molar-refractivity contribution in [3.05, 3.63) is 58.1 Å². The Morgan fingerprint density at radius 1 is 1.11 bits per heavy atom. The fraction of sp³-hybridized carbons (Fsp3) is 0.294. The van der Waals surface area contributed by atoms with Crippen LogP contribution in [0.3, 0.4) is 0 Å². The standard InChI is InChI=1S/C17H19N3O6S2/c1-2-27(23,24)19-11-3-4-13-5-6-14(12-17(13)19)18-28(25,26)16-9-7-15(8-10-16)20(21)22/h5-10,12,18H,2-4,11H2,1H3. The van der Waals surface area contributed by atoms with Crippen molar-refractivity contribution < 1.29 is 21.8 Å². The summed E-state index contributed by atoms with van der Waals surface area (Å²) in [7, 11) is -7.45. The Morgan fingerprint density at radius 3 is 2.39 bits per heavy atom. The van der Waals surface area contributed by atoms with Crippen LogP contribution in [0.15, 0.2) is 47.4 Å². The maximum absolute atomic E-state index is 12.6. The van der Waals surface area contributed by atoms with Gasteiger partial charge in [-0.05, 0) is 49.6 Å². The lowest BCUT2D eigenvalue weighted by Gasteiger charge is -2.30. The summed E-state index contributed by atoms with van der Waals surface area (Å²) in [6.07, 6.45) is 1.40. The molecule has 28 heavy (non-hydrogen) atoms. The van der Waals surface area contributed by atoms with Crippen LogP contribution in [0.5, 0.6) is 0 Å². The van der Waals surface area contributed by atoms with E-state index in [9.17, 15) is 26.9 Å². The van der Waals surface area contributed by atoms with Gasteiger partial charge in [-0.15, -0.1) is 0 Å². The van der Waals surface area contributed by atoms with Crippen LogP contribution in [-0.4, -0.2) is 34.1 Å². The minimum absolute atomic E-state index is 0.0504. The highest BCUT2D eigenvalue weighted by Gasteiger charge is 2.27. The Morgan fingerprint density at radius 2 is 1.79 bits per heavy atom. The first-order chi connectivity index (χ1) is 13.1. The molecule has 0 aliphatic carbocycles. The summed E-state index contributed by atoms with van der Waals surface area (Å²) in [4.78, 5) is 9.97. The molecule has 0 radical (unpaired) electrons. The van der Waals surface area contributed by atoms with Crippen LogP contribution in [0.25, 0.3) is 0 Å². The molecule has 0 fully saturated rings. The highest BCUT2D eigenvalue weighted by molar-refractivity contribution is 7.93. The molecule has 2 aromatic rings. The van der Waals surface area contributed by atoms with Crippen molar-refractivity contribution in [2.24, 2.45) is 0 Å². The first kappa shape index (κ1) is 20.1. The predicted octanol–water partition coefficient (Wildman–Crippen LogP) is 2.50. The molecule has 0 unspecified atom stereocenters. The van der Waals surface area contributed by atoms with E-state index in [0.29, 0.717) is 25.1 Å². The quantitative estimate of drug-likeness (QED) is 0.560. The van der Waals surface area contributed by atoms with Gasteiger partial charge in [-0.25, -0.2) is 16.8 Å². The van der Waals surface area contributed by atoms with Gasteiger partial charge >= 0.3 is 0 Å². The monoisotopic (exact) mass is 425 g/mol. The van der Waals surface area contributed by atoms with Gasteiger partial charge in [0.1, 0.15) is 0 Å². The minimum atomic E-state index is -3.98. The van der Waals surface area contributed by atoms with Gasteiger partial charge in [0.05, 0.1) is 26.9 Å². The molecule has 150 valence electrons. The maximum atomic E-state index is 12.6. The molecule has 0 saturated heterocycles. The zero-order valence-electron chi connectivity index (χ0n) is 15.0. The number of hydrogen-bond acceptors (Lipinski definition) is 6. The summed E-state index contributed by atoms with van der Waals surface area (Å²) in [6.45, 7) is 1.91. The second kappa shape index (κ2) is 7.40. The summed E-state index contributed by atoms with van der Waals surface area (Å²) >= 11 is 0. The molecule has 0 spiro atoms. The molecule has 0 bridgehead atoms. The Kier molecular flexibility index (Phi) is 5.31. The van der Waals surface area contributed by atoms with Crippen molar-refractivity contribution in [3.63, 3.8) is 0 Å². The van der Waals surface area contributed by atoms with Crippen LogP contribution in [0.1, 0.15) is 18.9 Å². The molecule has 1 aliphatic rings. The highest BCUT2D eigenvalue weighted by Crippen LogP contribution is 2.33. The molecular formula is C17H19N3O6S2. The Hall–Kier alpha value is -2.66. The van der Waals surface area contributed by atoms with E-state index in [1.165, 1.54) is 10.4 Å². The molecule has 0 amide bonds. The molecule has 1 N–H and O–H groups in total. The molecule has 1 heterocycles. The van der Waals surface area contributed by atoms with Gasteiger partial charge in [0.15, 0.2) is 0 Å². The van der Waals surface area contributed by atoms with E-state index in [1.807, 2.05) is 0 Å². The lowest BCUT2D eigenvalue weighted by Crippen LogP contribution is -2.36. The molecule has 2 aromatic carbocycles. The largest absolute Gasteiger partial charge is 0.280 e. The van der Waals surface area contributed by atoms with Crippen LogP contribution in [0.4, 0.5) is 17.1 Å². The molecule has 0 saturated carbocycles. The van der Waals surface area contributed by atoms with Crippen LogP contribution >= 0.6 is 0 Å². The fourth-order valence-corrected chi connectivity index (χ4v) is 5.25. The molecule has 0 atom stereocenters. The smallest absolute Gasteiger partial charge is 0.269 e. The number of benzene rings is 2. The average Bonchev–Trinajstić information content (AvgIpc) is 2.67. The second-order valence-corrected chi connectivity index (χ2v) is 10.1. The molecule has 9 nitrogen and oxygen atoms in total. The van der Waals surface area contributed by atoms with Crippen LogP contribution < -0.4 is 9.03 Å². The number of nitrogens with one attached hydrogen (secondary N) is 1. The number of nitrogens with zero attached hydrogens (tertiary/aromatic N) is 2.